The fourth-order valence-corrected chi connectivity index (χ4v) is 20.9. The second kappa shape index (κ2) is 35.5. The molecular formula is C96H72N9O6P3. The van der Waals surface area contributed by atoms with Crippen molar-refractivity contribution in [2.75, 3.05) is 0 Å². The summed E-state index contributed by atoms with van der Waals surface area (Å²) < 4.78 is 61.1. The van der Waals surface area contributed by atoms with Crippen LogP contribution in [0, 0.1) is 110 Å². The van der Waals surface area contributed by atoms with Crippen molar-refractivity contribution in [3.05, 3.63) is 391 Å². The molecule has 0 fully saturated rings. The monoisotopic (exact) mass is 1540 g/mol. The molecule has 12 aromatic carbocycles. The van der Waals surface area contributed by atoms with Gasteiger partial charge < -0.3 is 27.1 Å². The van der Waals surface area contributed by atoms with Crippen LogP contribution in [0.4, 0.5) is 0 Å². The summed E-state index contributed by atoms with van der Waals surface area (Å²) in [5.74, 6) is 0.832. The van der Waals surface area contributed by atoms with Crippen molar-refractivity contribution in [3.63, 3.8) is 0 Å². The average Bonchev–Trinajstić information content (AvgIpc) is 0.728. The lowest BCUT2D eigenvalue weighted by molar-refractivity contribution is 0.443. The predicted octanol–water partition coefficient (Wildman–Crippen LogP) is 26.5. The van der Waals surface area contributed by atoms with Gasteiger partial charge in [0.2, 0.25) is 0 Å². The lowest BCUT2D eigenvalue weighted by Gasteiger charge is -2.33. The van der Waals surface area contributed by atoms with Crippen LogP contribution in [0.2, 0.25) is 0 Å². The maximum atomic E-state index is 10.7. The summed E-state index contributed by atoms with van der Waals surface area (Å²) in [5, 5.41) is 64.4. The zero-order chi connectivity index (χ0) is 79.6. The number of rotatable bonds is 24. The third-order valence-corrected chi connectivity index (χ3v) is 26.2. The van der Waals surface area contributed by atoms with Gasteiger partial charge in [0.15, 0.2) is 0 Å². The summed E-state index contributed by atoms with van der Waals surface area (Å²) in [5.41, 5.74) is 16.7. The summed E-state index contributed by atoms with van der Waals surface area (Å²) in [4.78, 5) is 0. The lowest BCUT2D eigenvalue weighted by atomic mass is 10.0. The molecule has 0 bridgehead atoms. The number of benzene rings is 12. The van der Waals surface area contributed by atoms with E-state index in [0.717, 1.165) is 66.8 Å². The van der Waals surface area contributed by atoms with E-state index >= 15 is 0 Å². The summed E-state index contributed by atoms with van der Waals surface area (Å²) in [6, 6.07) is 102. The number of hydrogen-bond acceptors (Lipinski definition) is 15. The number of allylic oxidation sites excluding steroid dienone is 6. The molecule has 0 spiro atoms. The third kappa shape index (κ3) is 19.9. The minimum atomic E-state index is -4.74. The number of aryl methyl sites for hydroxylation is 6. The Kier molecular flexibility index (Phi) is 24.2. The first-order valence-electron chi connectivity index (χ1n) is 36.2. The van der Waals surface area contributed by atoms with Crippen molar-refractivity contribution in [2.24, 2.45) is 13.5 Å². The van der Waals surface area contributed by atoms with Crippen LogP contribution >= 0.6 is 23.0 Å². The van der Waals surface area contributed by atoms with Gasteiger partial charge in [-0.25, -0.2) is 0 Å². The maximum absolute atomic E-state index is 10.7. The second-order valence-electron chi connectivity index (χ2n) is 26.9. The molecule has 0 radical (unpaired) electrons. The van der Waals surface area contributed by atoms with Gasteiger partial charge in [-0.1, -0.05) is 193 Å². The predicted molar refractivity (Wildman–Crippen MR) is 458 cm³/mol. The maximum Gasteiger partial charge on any atom is 0.460 e. The Hall–Kier alpha value is -14.5. The van der Waals surface area contributed by atoms with Crippen molar-refractivity contribution in [1.29, 1.82) is 31.6 Å². The molecule has 1 heterocycles. The fraction of sp³-hybridized carbons (Fsp3) is 0.0625. The van der Waals surface area contributed by atoms with Gasteiger partial charge in [-0.05, 0) is 290 Å². The van der Waals surface area contributed by atoms with E-state index < -0.39 is 23.0 Å². The quantitative estimate of drug-likeness (QED) is 0.0312. The Morgan fingerprint density at radius 3 is 0.439 bits per heavy atom. The van der Waals surface area contributed by atoms with Crippen molar-refractivity contribution in [2.45, 2.75) is 41.5 Å². The SMILES string of the molecule is Cc1ccc(/C=C(\C#N)c2ccc(OP3(Oc4ccc(/C(C#N)=C/c5ccc(C)cc5)cc4)=NP(Oc4ccc(/C(C#N)=C/c5ccc(C)cc5)cc4)(Oc4ccc(/C(C#N)=C/c5ccc(C)cc5)cc4)=NP(Oc4ccc(/C(C#N)=C/c5ccc(C)cc5)cc4)(Oc4ccc(/C(C#N)=C/c5ccc(C)cc5)cc4)=N3)cc2)cc1. The van der Waals surface area contributed by atoms with Crippen LogP contribution in [0.1, 0.15) is 100 Å². The zero-order valence-electron chi connectivity index (χ0n) is 63.0. The number of nitriles is 6. The average molecular weight is 1540 g/mol. The summed E-state index contributed by atoms with van der Waals surface area (Å²) >= 11 is 0. The Labute approximate surface area is 664 Å². The first-order valence-corrected chi connectivity index (χ1v) is 40.8. The van der Waals surface area contributed by atoms with Crippen molar-refractivity contribution in [3.8, 4) is 70.9 Å². The van der Waals surface area contributed by atoms with Gasteiger partial charge in [0.1, 0.15) is 34.5 Å². The van der Waals surface area contributed by atoms with Gasteiger partial charge >= 0.3 is 23.0 Å². The Morgan fingerprint density at radius 1 is 0.202 bits per heavy atom. The van der Waals surface area contributed by atoms with Crippen LogP contribution in [0.25, 0.3) is 69.9 Å². The molecule has 1 aliphatic heterocycles. The van der Waals surface area contributed by atoms with E-state index in [-0.39, 0.29) is 34.5 Å². The Morgan fingerprint density at radius 2 is 0.325 bits per heavy atom. The van der Waals surface area contributed by atoms with Crippen LogP contribution in [0.5, 0.6) is 34.5 Å². The molecule has 0 saturated heterocycles. The molecule has 13 rings (SSSR count). The highest BCUT2D eigenvalue weighted by molar-refractivity contribution is 7.79. The van der Waals surface area contributed by atoms with Gasteiger partial charge in [-0.3, -0.25) is 0 Å². The van der Waals surface area contributed by atoms with Crippen LogP contribution in [0.15, 0.2) is 305 Å². The second-order valence-corrected chi connectivity index (χ2v) is 33.1. The summed E-state index contributed by atoms with van der Waals surface area (Å²) in [6.45, 7) is 12.0. The molecule has 552 valence electrons. The molecule has 0 atom stereocenters. The van der Waals surface area contributed by atoms with Gasteiger partial charge in [0, 0.05) is 0 Å². The molecule has 0 unspecified atom stereocenters. The van der Waals surface area contributed by atoms with Gasteiger partial charge in [-0.2, -0.15) is 31.6 Å². The van der Waals surface area contributed by atoms with Crippen molar-refractivity contribution < 1.29 is 27.1 Å². The normalized spacial score (nSPS) is 14.5. The zero-order valence-corrected chi connectivity index (χ0v) is 65.7. The Balaban J connectivity index is 1.07. The van der Waals surface area contributed by atoms with E-state index in [4.69, 9.17) is 40.7 Å². The van der Waals surface area contributed by atoms with E-state index in [2.05, 4.69) is 36.4 Å². The molecule has 1 aliphatic rings. The highest BCUT2D eigenvalue weighted by Crippen LogP contribution is 2.79. The molecule has 114 heavy (non-hydrogen) atoms. The minimum absolute atomic E-state index is 0.139. The van der Waals surface area contributed by atoms with Crippen LogP contribution < -0.4 is 27.1 Å². The first kappa shape index (κ1) is 77.7. The lowest BCUT2D eigenvalue weighted by Crippen LogP contribution is -2.11. The Bertz CT molecular complexity index is 5240. The number of hydrogen-bond donors (Lipinski definition) is 0. The molecule has 18 heteroatoms. The van der Waals surface area contributed by atoms with E-state index in [1.807, 2.05) is 187 Å². The van der Waals surface area contributed by atoms with Gasteiger partial charge in [0.25, 0.3) is 0 Å². The fourth-order valence-electron chi connectivity index (χ4n) is 11.8. The van der Waals surface area contributed by atoms with Gasteiger partial charge in [-0.15, -0.1) is 0 Å². The summed E-state index contributed by atoms with van der Waals surface area (Å²) in [6.07, 6.45) is 10.8. The van der Waals surface area contributed by atoms with Crippen molar-refractivity contribution in [1.82, 2.24) is 0 Å². The van der Waals surface area contributed by atoms with E-state index in [1.165, 1.54) is 0 Å². The van der Waals surface area contributed by atoms with Crippen LogP contribution in [-0.2, 0) is 0 Å². The van der Waals surface area contributed by atoms with Gasteiger partial charge in [0.05, 0.1) is 69.9 Å². The van der Waals surface area contributed by atoms with Crippen molar-refractivity contribution >= 4 is 92.9 Å². The molecule has 12 aromatic rings. The number of nitrogens with zero attached hydrogens (tertiary/aromatic N) is 9. The highest BCUT2D eigenvalue weighted by Gasteiger charge is 2.49. The molecule has 0 N–H and O–H groups in total. The smallest absolute Gasteiger partial charge is 0.413 e. The topological polar surface area (TPSA) is 235 Å². The molecule has 0 saturated carbocycles. The van der Waals surface area contributed by atoms with Crippen LogP contribution in [0.3, 0.4) is 0 Å². The molecule has 0 aromatic heterocycles. The molecule has 15 nitrogen and oxygen atoms in total. The van der Waals surface area contributed by atoms with E-state index in [9.17, 15) is 31.6 Å². The third-order valence-electron chi connectivity index (χ3n) is 18.1. The molecular weight excluding hydrogens is 1470 g/mol. The summed E-state index contributed by atoms with van der Waals surface area (Å²) in [7, 11) is -14.2. The largest absolute Gasteiger partial charge is 0.460 e. The molecule has 0 aliphatic carbocycles. The van der Waals surface area contributed by atoms with E-state index in [0.29, 0.717) is 66.8 Å². The highest BCUT2D eigenvalue weighted by atomic mass is 31.3. The van der Waals surface area contributed by atoms with E-state index in [1.54, 1.807) is 182 Å². The molecule has 0 amide bonds. The minimum Gasteiger partial charge on any atom is -0.413 e. The first-order chi connectivity index (χ1) is 55.3. The standard InChI is InChI=1S/C96H72N9O6P3/c1-67-7-19-73(20-8-67)55-85(61-97)79-31-43-91(44-32-79)106-112(107-92-45-33-80(34-46-92)86(62-98)56-74-21-9-68(2)10-22-74)103-113(108-93-47-35-81(36-48-93)87(63-99)57-75-23-11-69(3)12-24-75,109-94-49-37-82(38-50-94)88(64-100)58-76-25-13-70(4)14-26-76)105-114(104-112,110-95-51-39-83(40-52-95)89(65-101)59-77-27-15-71(5)16-28-77)111-96-53-41-84(42-54-96)90(66-102)60-78-29-17-72(6)18-30-78/h7-60H,1-6H3/b85-55+,86-56+,87-57+,88-58+,89-59+,90-60+. The van der Waals surface area contributed by atoms with Crippen LogP contribution in [-0.4, -0.2) is 0 Å².